The van der Waals surface area contributed by atoms with Crippen LogP contribution in [0.25, 0.3) is 0 Å². The minimum absolute atomic E-state index is 0.0428. The van der Waals surface area contributed by atoms with E-state index in [0.29, 0.717) is 39.3 Å². The number of rotatable bonds is 2. The number of aliphatic hydroxyl groups excluding tert-OH is 1. The lowest BCUT2D eigenvalue weighted by molar-refractivity contribution is -0.185. The Bertz CT molecular complexity index is 265. The molecule has 2 aliphatic rings. The van der Waals surface area contributed by atoms with Crippen LogP contribution >= 0.6 is 0 Å². The van der Waals surface area contributed by atoms with Gasteiger partial charge in [-0.3, -0.25) is 0 Å². The van der Waals surface area contributed by atoms with Gasteiger partial charge in [0.25, 0.3) is 0 Å². The molecule has 2 saturated heterocycles. The van der Waals surface area contributed by atoms with E-state index in [2.05, 4.69) is 0 Å². The van der Waals surface area contributed by atoms with Crippen molar-refractivity contribution in [3.8, 4) is 0 Å². The predicted octanol–water partition coefficient (Wildman–Crippen LogP) is 1.66. The third kappa shape index (κ3) is 3.59. The first-order chi connectivity index (χ1) is 8.47. The number of halogens is 3. The molecule has 2 heterocycles. The lowest BCUT2D eigenvalue weighted by Gasteiger charge is -2.37. The van der Waals surface area contributed by atoms with Crippen molar-refractivity contribution >= 4 is 0 Å². The van der Waals surface area contributed by atoms with E-state index in [-0.39, 0.29) is 24.9 Å². The summed E-state index contributed by atoms with van der Waals surface area (Å²) in [6.45, 7) is 2.67. The van der Waals surface area contributed by atoms with Gasteiger partial charge >= 0.3 is 6.18 Å². The van der Waals surface area contributed by atoms with Gasteiger partial charge in [-0.1, -0.05) is 0 Å². The van der Waals surface area contributed by atoms with Crippen LogP contribution in [0.3, 0.4) is 0 Å². The quantitative estimate of drug-likeness (QED) is 0.826. The fourth-order valence-electron chi connectivity index (χ4n) is 2.73. The molecule has 0 spiro atoms. The van der Waals surface area contributed by atoms with Gasteiger partial charge in [-0.2, -0.15) is 13.2 Å². The van der Waals surface area contributed by atoms with Gasteiger partial charge in [-0.25, -0.2) is 0 Å². The molecule has 2 rings (SSSR count). The van der Waals surface area contributed by atoms with E-state index in [1.54, 1.807) is 0 Å². The van der Waals surface area contributed by atoms with Crippen molar-refractivity contribution in [1.82, 2.24) is 4.90 Å². The molecule has 2 atom stereocenters. The van der Waals surface area contributed by atoms with Crippen LogP contribution < -0.4 is 0 Å². The van der Waals surface area contributed by atoms with E-state index in [1.807, 2.05) is 4.90 Å². The first-order valence-corrected chi connectivity index (χ1v) is 6.51. The highest BCUT2D eigenvalue weighted by Gasteiger charge is 2.41. The number of aliphatic hydroxyl groups is 1. The van der Waals surface area contributed by atoms with Crippen LogP contribution in [0.15, 0.2) is 0 Å². The van der Waals surface area contributed by atoms with E-state index in [4.69, 9.17) is 4.74 Å². The van der Waals surface area contributed by atoms with Crippen molar-refractivity contribution in [2.24, 2.45) is 11.8 Å². The fraction of sp³-hybridized carbons (Fsp3) is 1.00. The summed E-state index contributed by atoms with van der Waals surface area (Å²) in [5.74, 6) is -1.11. The Morgan fingerprint density at radius 3 is 2.39 bits per heavy atom. The highest BCUT2D eigenvalue weighted by atomic mass is 19.4. The van der Waals surface area contributed by atoms with Crippen molar-refractivity contribution in [3.63, 3.8) is 0 Å². The largest absolute Gasteiger partial charge is 0.393 e. The maximum atomic E-state index is 12.5. The summed E-state index contributed by atoms with van der Waals surface area (Å²) in [6, 6.07) is 0. The second kappa shape index (κ2) is 5.75. The average Bonchev–Trinajstić information content (AvgIpc) is 2.32. The van der Waals surface area contributed by atoms with Crippen LogP contribution in [-0.2, 0) is 4.74 Å². The zero-order valence-corrected chi connectivity index (χ0v) is 10.3. The minimum Gasteiger partial charge on any atom is -0.393 e. The summed E-state index contributed by atoms with van der Waals surface area (Å²) in [6.07, 6.45) is -3.46. The molecule has 106 valence electrons. The summed E-state index contributed by atoms with van der Waals surface area (Å²) in [5, 5.41) is 9.79. The first-order valence-electron chi connectivity index (χ1n) is 6.51. The van der Waals surface area contributed by atoms with Crippen LogP contribution in [0.5, 0.6) is 0 Å². The molecule has 1 N–H and O–H groups in total. The molecule has 0 aliphatic carbocycles. The molecule has 2 unspecified atom stereocenters. The smallest absolute Gasteiger partial charge is 0.391 e. The maximum Gasteiger partial charge on any atom is 0.391 e. The van der Waals surface area contributed by atoms with Crippen LogP contribution in [0.1, 0.15) is 19.3 Å². The van der Waals surface area contributed by atoms with E-state index < -0.39 is 12.1 Å². The molecule has 0 aromatic heterocycles. The number of hydrogen-bond acceptors (Lipinski definition) is 3. The lowest BCUT2D eigenvalue weighted by atomic mass is 9.93. The molecule has 0 bridgehead atoms. The average molecular weight is 267 g/mol. The molecule has 6 heteroatoms. The Kier molecular flexibility index (Phi) is 4.50. The summed E-state index contributed by atoms with van der Waals surface area (Å²) in [4.78, 5) is 2.02. The van der Waals surface area contributed by atoms with Gasteiger partial charge in [0.15, 0.2) is 0 Å². The van der Waals surface area contributed by atoms with E-state index in [0.717, 1.165) is 0 Å². The standard InChI is InChI=1S/C12H20F3NO2/c13-12(14,15)10-1-4-16(5-2-10)7-9-8-18-6-3-11(9)17/h9-11,17H,1-8H2. The molecule has 2 fully saturated rings. The number of alkyl halides is 3. The molecule has 0 saturated carbocycles. The normalized spacial score (nSPS) is 32.7. The van der Waals surface area contributed by atoms with Crippen LogP contribution in [0, 0.1) is 11.8 Å². The van der Waals surface area contributed by atoms with Crippen molar-refractivity contribution < 1.29 is 23.0 Å². The Labute approximate surface area is 105 Å². The number of nitrogens with zero attached hydrogens (tertiary/aromatic N) is 1. The van der Waals surface area contributed by atoms with Crippen molar-refractivity contribution in [2.45, 2.75) is 31.5 Å². The van der Waals surface area contributed by atoms with Crippen molar-refractivity contribution in [3.05, 3.63) is 0 Å². The van der Waals surface area contributed by atoms with E-state index >= 15 is 0 Å². The molecule has 0 aromatic rings. The predicted molar refractivity (Wildman–Crippen MR) is 60.2 cm³/mol. The SMILES string of the molecule is OC1CCOCC1CN1CCC(C(F)(F)F)CC1. The number of ether oxygens (including phenoxy) is 1. The number of piperidine rings is 1. The highest BCUT2D eigenvalue weighted by molar-refractivity contribution is 4.81. The number of hydrogen-bond donors (Lipinski definition) is 1. The Hall–Kier alpha value is -0.330. The van der Waals surface area contributed by atoms with E-state index in [1.165, 1.54) is 0 Å². The zero-order valence-electron chi connectivity index (χ0n) is 10.3. The second-order valence-electron chi connectivity index (χ2n) is 5.31. The zero-order chi connectivity index (χ0) is 13.2. The van der Waals surface area contributed by atoms with Crippen LogP contribution in [0.4, 0.5) is 13.2 Å². The third-order valence-corrected chi connectivity index (χ3v) is 3.98. The van der Waals surface area contributed by atoms with Crippen LogP contribution in [0.2, 0.25) is 0 Å². The van der Waals surface area contributed by atoms with Gasteiger partial charge in [-0.05, 0) is 32.4 Å². The fourth-order valence-corrected chi connectivity index (χ4v) is 2.73. The molecule has 0 amide bonds. The monoisotopic (exact) mass is 267 g/mol. The third-order valence-electron chi connectivity index (χ3n) is 3.98. The molecule has 3 nitrogen and oxygen atoms in total. The topological polar surface area (TPSA) is 32.7 Å². The Balaban J connectivity index is 1.76. The molecule has 18 heavy (non-hydrogen) atoms. The molecule has 0 aromatic carbocycles. The lowest BCUT2D eigenvalue weighted by Crippen LogP contribution is -2.45. The molecule has 2 aliphatic heterocycles. The molecular formula is C12H20F3NO2. The van der Waals surface area contributed by atoms with Gasteiger partial charge in [0.2, 0.25) is 0 Å². The molecule has 0 radical (unpaired) electrons. The van der Waals surface area contributed by atoms with Gasteiger partial charge in [-0.15, -0.1) is 0 Å². The Morgan fingerprint density at radius 2 is 1.83 bits per heavy atom. The summed E-state index contributed by atoms with van der Waals surface area (Å²) in [7, 11) is 0. The van der Waals surface area contributed by atoms with Gasteiger partial charge in [0.05, 0.1) is 18.6 Å². The van der Waals surface area contributed by atoms with Crippen molar-refractivity contribution in [1.29, 1.82) is 0 Å². The second-order valence-corrected chi connectivity index (χ2v) is 5.31. The van der Waals surface area contributed by atoms with Crippen LogP contribution in [-0.4, -0.2) is 55.1 Å². The highest BCUT2D eigenvalue weighted by Crippen LogP contribution is 2.34. The first kappa shape index (κ1) is 14.1. The van der Waals surface area contributed by atoms with E-state index in [9.17, 15) is 18.3 Å². The van der Waals surface area contributed by atoms with Gasteiger partial charge < -0.3 is 14.7 Å². The Morgan fingerprint density at radius 1 is 1.17 bits per heavy atom. The minimum atomic E-state index is -4.06. The molecular weight excluding hydrogens is 247 g/mol. The maximum absolute atomic E-state index is 12.5. The van der Waals surface area contributed by atoms with Crippen molar-refractivity contribution in [2.75, 3.05) is 32.8 Å². The number of likely N-dealkylation sites (tertiary alicyclic amines) is 1. The van der Waals surface area contributed by atoms with Gasteiger partial charge in [0, 0.05) is 19.1 Å². The summed E-state index contributed by atoms with van der Waals surface area (Å²) >= 11 is 0. The summed E-state index contributed by atoms with van der Waals surface area (Å²) in [5.41, 5.74) is 0. The summed E-state index contributed by atoms with van der Waals surface area (Å²) < 4.78 is 42.8. The van der Waals surface area contributed by atoms with Gasteiger partial charge in [0.1, 0.15) is 0 Å².